The van der Waals surface area contributed by atoms with Gasteiger partial charge in [-0.3, -0.25) is 4.79 Å². The second-order valence-corrected chi connectivity index (χ2v) is 6.54. The lowest BCUT2D eigenvalue weighted by Gasteiger charge is -2.18. The molecule has 1 aliphatic rings. The van der Waals surface area contributed by atoms with E-state index in [4.69, 9.17) is 4.74 Å². The average molecular weight is 368 g/mol. The Bertz CT molecular complexity index is 699. The van der Waals surface area contributed by atoms with E-state index in [0.717, 1.165) is 43.4 Å². The largest absolute Gasteiger partial charge is 0.446 e. The number of nitrogens with one attached hydrogen (secondary N) is 2. The highest BCUT2D eigenvalue weighted by Gasteiger charge is 2.14. The molecule has 0 aromatic heterocycles. The molecule has 0 heterocycles. The maximum Gasteiger partial charge on any atom is 0.407 e. The molecule has 5 heteroatoms. The minimum atomic E-state index is -0.391. The van der Waals surface area contributed by atoms with Gasteiger partial charge in [-0.1, -0.05) is 18.1 Å². The monoisotopic (exact) mass is 368 g/mol. The molecule has 0 saturated carbocycles. The SMILES string of the molecule is CC#Cc1ccc(NC(=O)CCCNC(=O)O[C@@H]2CC/C=C/CCC2)cc1. The number of alkyl carbamates (subject to hydrolysis) is 1. The van der Waals surface area contributed by atoms with Gasteiger partial charge in [-0.25, -0.2) is 4.79 Å². The highest BCUT2D eigenvalue weighted by molar-refractivity contribution is 5.90. The molecule has 2 amide bonds. The van der Waals surface area contributed by atoms with Crippen LogP contribution in [0.5, 0.6) is 0 Å². The van der Waals surface area contributed by atoms with Crippen LogP contribution in [0.1, 0.15) is 57.4 Å². The third-order valence-electron chi connectivity index (χ3n) is 4.28. The summed E-state index contributed by atoms with van der Waals surface area (Å²) in [5.41, 5.74) is 1.66. The Hall–Kier alpha value is -2.74. The van der Waals surface area contributed by atoms with Gasteiger partial charge in [0.1, 0.15) is 6.10 Å². The van der Waals surface area contributed by atoms with Crippen molar-refractivity contribution in [2.75, 3.05) is 11.9 Å². The van der Waals surface area contributed by atoms with Crippen molar-refractivity contribution in [3.63, 3.8) is 0 Å². The fourth-order valence-corrected chi connectivity index (χ4v) is 2.88. The molecule has 1 aliphatic carbocycles. The molecule has 1 atom stereocenters. The number of anilines is 1. The van der Waals surface area contributed by atoms with Crippen molar-refractivity contribution >= 4 is 17.7 Å². The first-order valence-corrected chi connectivity index (χ1v) is 9.59. The lowest BCUT2D eigenvalue weighted by molar-refractivity contribution is -0.116. The lowest BCUT2D eigenvalue weighted by Crippen LogP contribution is -2.30. The van der Waals surface area contributed by atoms with Crippen LogP contribution in [-0.4, -0.2) is 24.6 Å². The van der Waals surface area contributed by atoms with E-state index in [1.807, 2.05) is 24.3 Å². The summed E-state index contributed by atoms with van der Waals surface area (Å²) in [6, 6.07) is 7.40. The van der Waals surface area contributed by atoms with Crippen LogP contribution in [0.25, 0.3) is 0 Å². The molecule has 0 radical (unpaired) electrons. The number of amides is 2. The van der Waals surface area contributed by atoms with E-state index in [0.29, 0.717) is 19.4 Å². The zero-order valence-electron chi connectivity index (χ0n) is 15.9. The Morgan fingerprint density at radius 2 is 1.93 bits per heavy atom. The number of hydrogen-bond donors (Lipinski definition) is 2. The van der Waals surface area contributed by atoms with Crippen LogP contribution in [0.2, 0.25) is 0 Å². The summed E-state index contributed by atoms with van der Waals surface area (Å²) in [7, 11) is 0. The Labute approximate surface area is 161 Å². The molecule has 27 heavy (non-hydrogen) atoms. The quantitative estimate of drug-likeness (QED) is 0.444. The van der Waals surface area contributed by atoms with Crippen molar-refractivity contribution < 1.29 is 14.3 Å². The highest BCUT2D eigenvalue weighted by Crippen LogP contribution is 2.15. The van der Waals surface area contributed by atoms with E-state index in [1.54, 1.807) is 6.92 Å². The standard InChI is InChI=1S/C22H28N2O3/c1-2-9-18-13-15-19(16-14-18)24-21(25)12-8-17-23-22(26)27-20-10-6-4-3-5-7-11-20/h3-4,13-16,20H,5-8,10-12,17H2,1H3,(H,23,26)(H,24,25)/b4-3+/t20-/m1/s1. The third-order valence-corrected chi connectivity index (χ3v) is 4.28. The summed E-state index contributed by atoms with van der Waals surface area (Å²) in [5, 5.41) is 5.57. The highest BCUT2D eigenvalue weighted by atomic mass is 16.6. The molecule has 0 bridgehead atoms. The average Bonchev–Trinajstić information content (AvgIpc) is 2.63. The van der Waals surface area contributed by atoms with Crippen LogP contribution in [0.4, 0.5) is 10.5 Å². The van der Waals surface area contributed by atoms with Crippen molar-refractivity contribution in [1.82, 2.24) is 5.32 Å². The molecular weight excluding hydrogens is 340 g/mol. The summed E-state index contributed by atoms with van der Waals surface area (Å²) < 4.78 is 5.47. The topological polar surface area (TPSA) is 67.4 Å². The van der Waals surface area contributed by atoms with Crippen LogP contribution in [0, 0.1) is 11.8 Å². The molecule has 1 aromatic carbocycles. The summed E-state index contributed by atoms with van der Waals surface area (Å²) in [6.07, 6.45) is 9.65. The van der Waals surface area contributed by atoms with Gasteiger partial charge < -0.3 is 15.4 Å². The number of carbonyl (C=O) groups is 2. The molecule has 5 nitrogen and oxygen atoms in total. The lowest BCUT2D eigenvalue weighted by atomic mass is 10.0. The minimum Gasteiger partial charge on any atom is -0.446 e. The molecule has 1 aromatic rings. The summed E-state index contributed by atoms with van der Waals surface area (Å²) in [6.45, 7) is 2.21. The third kappa shape index (κ3) is 8.46. The normalized spacial score (nSPS) is 17.4. The van der Waals surface area contributed by atoms with Crippen LogP contribution in [-0.2, 0) is 9.53 Å². The van der Waals surface area contributed by atoms with E-state index in [9.17, 15) is 9.59 Å². The minimum absolute atomic E-state index is 0.0152. The van der Waals surface area contributed by atoms with E-state index in [-0.39, 0.29) is 12.0 Å². The summed E-state index contributed by atoms with van der Waals surface area (Å²) in [5.74, 6) is 5.71. The fourth-order valence-electron chi connectivity index (χ4n) is 2.88. The number of ether oxygens (including phenoxy) is 1. The number of rotatable bonds is 6. The van der Waals surface area contributed by atoms with Crippen molar-refractivity contribution in [3.05, 3.63) is 42.0 Å². The van der Waals surface area contributed by atoms with Crippen molar-refractivity contribution in [1.29, 1.82) is 0 Å². The number of allylic oxidation sites excluding steroid dienone is 2. The number of benzene rings is 1. The van der Waals surface area contributed by atoms with Gasteiger partial charge in [0.05, 0.1) is 0 Å². The van der Waals surface area contributed by atoms with Crippen LogP contribution >= 0.6 is 0 Å². The van der Waals surface area contributed by atoms with Gasteiger partial charge in [-0.2, -0.15) is 0 Å². The van der Waals surface area contributed by atoms with Gasteiger partial charge in [0.2, 0.25) is 5.91 Å². The fraction of sp³-hybridized carbons (Fsp3) is 0.455. The Kier molecular flexibility index (Phi) is 8.99. The van der Waals surface area contributed by atoms with E-state index in [2.05, 4.69) is 34.6 Å². The van der Waals surface area contributed by atoms with Gasteiger partial charge >= 0.3 is 6.09 Å². The first-order chi connectivity index (χ1) is 13.2. The molecule has 2 N–H and O–H groups in total. The van der Waals surface area contributed by atoms with Gasteiger partial charge in [0.15, 0.2) is 0 Å². The molecule has 0 spiro atoms. The first kappa shape index (κ1) is 20.6. The van der Waals surface area contributed by atoms with E-state index in [1.165, 1.54) is 0 Å². The first-order valence-electron chi connectivity index (χ1n) is 9.59. The van der Waals surface area contributed by atoms with Crippen LogP contribution in [0.3, 0.4) is 0 Å². The summed E-state index contributed by atoms with van der Waals surface area (Å²) in [4.78, 5) is 23.8. The zero-order valence-corrected chi connectivity index (χ0v) is 15.9. The Morgan fingerprint density at radius 3 is 2.70 bits per heavy atom. The van der Waals surface area contributed by atoms with Gasteiger partial charge in [-0.15, -0.1) is 5.92 Å². The van der Waals surface area contributed by atoms with Crippen LogP contribution < -0.4 is 10.6 Å². The summed E-state index contributed by atoms with van der Waals surface area (Å²) >= 11 is 0. The predicted octanol–water partition coefficient (Wildman–Crippen LogP) is 4.39. The maximum atomic E-state index is 12.0. The molecule has 0 saturated heterocycles. The van der Waals surface area contributed by atoms with Crippen molar-refractivity contribution in [2.24, 2.45) is 0 Å². The predicted molar refractivity (Wildman–Crippen MR) is 107 cm³/mol. The number of carbonyl (C=O) groups excluding carboxylic acids is 2. The second-order valence-electron chi connectivity index (χ2n) is 6.54. The molecule has 0 fully saturated rings. The van der Waals surface area contributed by atoms with Crippen molar-refractivity contribution in [2.45, 2.75) is 58.0 Å². The van der Waals surface area contributed by atoms with Gasteiger partial charge in [0.25, 0.3) is 0 Å². The second kappa shape index (κ2) is 11.8. The molecule has 2 rings (SSSR count). The molecule has 0 aliphatic heterocycles. The Balaban J connectivity index is 1.60. The van der Waals surface area contributed by atoms with Crippen LogP contribution in [0.15, 0.2) is 36.4 Å². The molecule has 0 unspecified atom stereocenters. The zero-order chi connectivity index (χ0) is 19.3. The van der Waals surface area contributed by atoms with Gasteiger partial charge in [-0.05, 0) is 69.7 Å². The van der Waals surface area contributed by atoms with Gasteiger partial charge in [0, 0.05) is 24.2 Å². The van der Waals surface area contributed by atoms with Crippen molar-refractivity contribution in [3.8, 4) is 11.8 Å². The van der Waals surface area contributed by atoms with E-state index >= 15 is 0 Å². The smallest absolute Gasteiger partial charge is 0.407 e. The molecule has 144 valence electrons. The Morgan fingerprint density at radius 1 is 1.15 bits per heavy atom. The molecular formula is C22H28N2O3. The number of hydrogen-bond acceptors (Lipinski definition) is 3. The maximum absolute atomic E-state index is 12.0. The van der Waals surface area contributed by atoms with E-state index < -0.39 is 6.09 Å².